The number of rotatable bonds is 3. The summed E-state index contributed by atoms with van der Waals surface area (Å²) in [6, 6.07) is 10.5. The van der Waals surface area contributed by atoms with Crippen LogP contribution < -0.4 is 9.64 Å². The van der Waals surface area contributed by atoms with Gasteiger partial charge in [0.2, 0.25) is 0 Å². The van der Waals surface area contributed by atoms with Crippen molar-refractivity contribution in [1.82, 2.24) is 4.98 Å². The second kappa shape index (κ2) is 5.69. The van der Waals surface area contributed by atoms with E-state index in [9.17, 15) is 9.50 Å². The molecule has 2 aromatic rings. The maximum atomic E-state index is 14.0. The van der Waals surface area contributed by atoms with Crippen molar-refractivity contribution in [3.8, 4) is 5.75 Å². The smallest absolute Gasteiger partial charge is 0.165 e. The molecule has 1 N–H and O–H groups in total. The number of methoxy groups -OCH3 is 1. The van der Waals surface area contributed by atoms with Crippen LogP contribution in [-0.2, 0) is 0 Å². The second-order valence-corrected chi connectivity index (χ2v) is 5.14. The summed E-state index contributed by atoms with van der Waals surface area (Å²) >= 11 is 0. The second-order valence-electron chi connectivity index (χ2n) is 5.14. The van der Waals surface area contributed by atoms with Crippen LogP contribution in [0.5, 0.6) is 5.75 Å². The minimum Gasteiger partial charge on any atom is -0.497 e. The molecule has 110 valence electrons. The number of anilines is 1. The molecule has 1 saturated heterocycles. The Hall–Kier alpha value is -2.14. The molecule has 1 aliphatic heterocycles. The van der Waals surface area contributed by atoms with Gasteiger partial charge in [0.1, 0.15) is 5.75 Å². The van der Waals surface area contributed by atoms with Crippen LogP contribution in [-0.4, -0.2) is 29.8 Å². The van der Waals surface area contributed by atoms with Gasteiger partial charge in [-0.15, -0.1) is 0 Å². The van der Waals surface area contributed by atoms with Gasteiger partial charge in [0.15, 0.2) is 11.6 Å². The average Bonchev–Trinajstić information content (AvgIpc) is 2.89. The number of aromatic nitrogens is 1. The molecule has 0 unspecified atom stereocenters. The summed E-state index contributed by atoms with van der Waals surface area (Å²) in [7, 11) is 1.61. The minimum absolute atomic E-state index is 0.112. The van der Waals surface area contributed by atoms with E-state index < -0.39 is 6.10 Å². The molecule has 0 saturated carbocycles. The molecule has 21 heavy (non-hydrogen) atoms. The number of hydrogen-bond acceptors (Lipinski definition) is 4. The van der Waals surface area contributed by atoms with Crippen molar-refractivity contribution in [1.29, 1.82) is 0 Å². The maximum Gasteiger partial charge on any atom is 0.165 e. The average molecular weight is 288 g/mol. The van der Waals surface area contributed by atoms with E-state index >= 15 is 0 Å². The van der Waals surface area contributed by atoms with Crippen molar-refractivity contribution in [3.05, 3.63) is 54.0 Å². The number of pyridine rings is 1. The molecule has 3 rings (SSSR count). The van der Waals surface area contributed by atoms with E-state index in [2.05, 4.69) is 4.98 Å². The van der Waals surface area contributed by atoms with Gasteiger partial charge in [0, 0.05) is 12.7 Å². The van der Waals surface area contributed by atoms with Crippen LogP contribution in [0.15, 0.2) is 42.6 Å². The molecule has 0 aliphatic carbocycles. The first-order valence-corrected chi connectivity index (χ1v) is 6.88. The predicted octanol–water partition coefficient (Wildman–Crippen LogP) is 2.54. The van der Waals surface area contributed by atoms with Crippen LogP contribution in [0, 0.1) is 5.82 Å². The first-order chi connectivity index (χ1) is 10.2. The number of nitrogens with zero attached hydrogens (tertiary/aromatic N) is 2. The molecule has 2 atom stereocenters. The molecule has 1 aromatic heterocycles. The number of ether oxygens (including phenoxy) is 1. The fourth-order valence-electron chi connectivity index (χ4n) is 2.80. The molecule has 1 fully saturated rings. The van der Waals surface area contributed by atoms with E-state index in [1.807, 2.05) is 29.2 Å². The molecule has 0 radical (unpaired) electrons. The van der Waals surface area contributed by atoms with Crippen molar-refractivity contribution in [2.75, 3.05) is 18.6 Å². The Morgan fingerprint density at radius 2 is 2.19 bits per heavy atom. The van der Waals surface area contributed by atoms with Gasteiger partial charge in [-0.1, -0.05) is 12.1 Å². The lowest BCUT2D eigenvalue weighted by Crippen LogP contribution is -2.26. The zero-order chi connectivity index (χ0) is 14.8. The SMILES string of the molecule is COc1cccc([C@H]2C[C@H](O)CN2c2ncccc2F)c1. The van der Waals surface area contributed by atoms with Gasteiger partial charge in [0.25, 0.3) is 0 Å². The Bertz CT molecular complexity index is 635. The zero-order valence-electron chi connectivity index (χ0n) is 11.7. The molecule has 2 heterocycles. The molecule has 5 heteroatoms. The molecular weight excluding hydrogens is 271 g/mol. The standard InChI is InChI=1S/C16H17FN2O2/c1-21-13-5-2-4-11(8-13)15-9-12(20)10-19(15)16-14(17)6-3-7-18-16/h2-8,12,15,20H,9-10H2,1H3/t12-,15+/m0/s1. The van der Waals surface area contributed by atoms with Crippen LogP contribution >= 0.6 is 0 Å². The highest BCUT2D eigenvalue weighted by Gasteiger charge is 2.34. The number of aliphatic hydroxyl groups excluding tert-OH is 1. The number of benzene rings is 1. The quantitative estimate of drug-likeness (QED) is 0.942. The monoisotopic (exact) mass is 288 g/mol. The summed E-state index contributed by atoms with van der Waals surface area (Å²) in [5.41, 5.74) is 0.982. The van der Waals surface area contributed by atoms with Crippen LogP contribution in [0.1, 0.15) is 18.0 Å². The van der Waals surface area contributed by atoms with Crippen LogP contribution in [0.25, 0.3) is 0 Å². The fourth-order valence-corrected chi connectivity index (χ4v) is 2.80. The van der Waals surface area contributed by atoms with E-state index in [-0.39, 0.29) is 17.7 Å². The third kappa shape index (κ3) is 2.69. The van der Waals surface area contributed by atoms with Gasteiger partial charge >= 0.3 is 0 Å². The molecule has 0 spiro atoms. The third-order valence-corrected chi connectivity index (χ3v) is 3.77. The number of halogens is 1. The molecule has 4 nitrogen and oxygen atoms in total. The van der Waals surface area contributed by atoms with E-state index in [0.29, 0.717) is 13.0 Å². The van der Waals surface area contributed by atoms with E-state index in [0.717, 1.165) is 11.3 Å². The lowest BCUT2D eigenvalue weighted by molar-refractivity contribution is 0.194. The van der Waals surface area contributed by atoms with E-state index in [1.54, 1.807) is 19.4 Å². The van der Waals surface area contributed by atoms with Crippen molar-refractivity contribution in [3.63, 3.8) is 0 Å². The van der Waals surface area contributed by atoms with Gasteiger partial charge in [0.05, 0.1) is 19.3 Å². The summed E-state index contributed by atoms with van der Waals surface area (Å²) in [5.74, 6) is 0.650. The maximum absolute atomic E-state index is 14.0. The number of aliphatic hydroxyl groups is 1. The molecule has 1 aliphatic rings. The van der Waals surface area contributed by atoms with Crippen molar-refractivity contribution < 1.29 is 14.2 Å². The number of β-amino-alcohol motifs (C(OH)–C–C–N with tert-alkyl or cyclic N) is 1. The summed E-state index contributed by atoms with van der Waals surface area (Å²) in [5, 5.41) is 9.99. The Morgan fingerprint density at radius 3 is 2.95 bits per heavy atom. The zero-order valence-corrected chi connectivity index (χ0v) is 11.7. The molecule has 1 aromatic carbocycles. The lowest BCUT2D eigenvalue weighted by atomic mass is 10.0. The van der Waals surface area contributed by atoms with Crippen LogP contribution in [0.3, 0.4) is 0 Å². The Morgan fingerprint density at radius 1 is 1.33 bits per heavy atom. The Balaban J connectivity index is 1.97. The van der Waals surface area contributed by atoms with Crippen molar-refractivity contribution >= 4 is 5.82 Å². The van der Waals surface area contributed by atoms with Gasteiger partial charge in [-0.2, -0.15) is 0 Å². The molecule has 0 bridgehead atoms. The van der Waals surface area contributed by atoms with Gasteiger partial charge in [-0.3, -0.25) is 0 Å². The first kappa shape index (κ1) is 13.8. The Kier molecular flexibility index (Phi) is 3.75. The van der Waals surface area contributed by atoms with Crippen molar-refractivity contribution in [2.45, 2.75) is 18.6 Å². The highest BCUT2D eigenvalue weighted by molar-refractivity contribution is 5.46. The van der Waals surface area contributed by atoms with Gasteiger partial charge in [-0.25, -0.2) is 9.37 Å². The summed E-state index contributed by atoms with van der Waals surface area (Å²) < 4.78 is 19.2. The van der Waals surface area contributed by atoms with Gasteiger partial charge < -0.3 is 14.7 Å². The third-order valence-electron chi connectivity index (χ3n) is 3.77. The van der Waals surface area contributed by atoms with Crippen LogP contribution in [0.2, 0.25) is 0 Å². The summed E-state index contributed by atoms with van der Waals surface area (Å²) in [4.78, 5) is 5.94. The highest BCUT2D eigenvalue weighted by atomic mass is 19.1. The molecular formula is C16H17FN2O2. The normalized spacial score (nSPS) is 21.6. The lowest BCUT2D eigenvalue weighted by Gasteiger charge is -2.26. The summed E-state index contributed by atoms with van der Waals surface area (Å²) in [6.07, 6.45) is 1.61. The fraction of sp³-hybridized carbons (Fsp3) is 0.312. The first-order valence-electron chi connectivity index (χ1n) is 6.88. The topological polar surface area (TPSA) is 45.6 Å². The minimum atomic E-state index is -0.498. The predicted molar refractivity (Wildman–Crippen MR) is 77.9 cm³/mol. The van der Waals surface area contributed by atoms with Crippen molar-refractivity contribution in [2.24, 2.45) is 0 Å². The largest absolute Gasteiger partial charge is 0.497 e. The Labute approximate surface area is 122 Å². The molecule has 0 amide bonds. The van der Waals surface area contributed by atoms with E-state index in [1.165, 1.54) is 6.07 Å². The van der Waals surface area contributed by atoms with E-state index in [4.69, 9.17) is 4.74 Å². The highest BCUT2D eigenvalue weighted by Crippen LogP contribution is 2.37. The summed E-state index contributed by atoms with van der Waals surface area (Å²) in [6.45, 7) is 0.371. The van der Waals surface area contributed by atoms with Gasteiger partial charge in [-0.05, 0) is 36.2 Å². The number of hydrogen-bond donors (Lipinski definition) is 1. The van der Waals surface area contributed by atoms with Crippen LogP contribution in [0.4, 0.5) is 10.2 Å².